The summed E-state index contributed by atoms with van der Waals surface area (Å²) in [7, 11) is 0. The molecular weight excluding hydrogens is 392 g/mol. The number of carbonyl (C=O) groups is 2. The third-order valence-electron chi connectivity index (χ3n) is 5.85. The van der Waals surface area contributed by atoms with Crippen molar-refractivity contribution in [2.24, 2.45) is 0 Å². The van der Waals surface area contributed by atoms with Gasteiger partial charge in [-0.1, -0.05) is 63.8 Å². The lowest BCUT2D eigenvalue weighted by molar-refractivity contribution is -0.132. The minimum Gasteiger partial charge on any atom is -0.427 e. The maximum absolute atomic E-state index is 11.5. The summed E-state index contributed by atoms with van der Waals surface area (Å²) < 4.78 is 17.4. The van der Waals surface area contributed by atoms with E-state index in [1.807, 2.05) is 36.4 Å². The van der Waals surface area contributed by atoms with E-state index in [9.17, 15) is 9.59 Å². The monoisotopic (exact) mass is 424 g/mol. The lowest BCUT2D eigenvalue weighted by Gasteiger charge is -2.22. The summed E-state index contributed by atoms with van der Waals surface area (Å²) in [5, 5.41) is 0. The van der Waals surface area contributed by atoms with Gasteiger partial charge in [0.05, 0.1) is 0 Å². The van der Waals surface area contributed by atoms with Gasteiger partial charge in [0.2, 0.25) is 0 Å². The fourth-order valence-corrected chi connectivity index (χ4v) is 4.46. The van der Waals surface area contributed by atoms with E-state index in [0.29, 0.717) is 11.5 Å². The lowest BCUT2D eigenvalue weighted by Crippen LogP contribution is -2.23. The molecule has 2 aromatic rings. The standard InChI is InChI=1S/C26H32O5/c1-5-7-15-25(21-11-9-13-23(17-21)29-19(3)27)26(31-25,16-8-6-2)22-12-10-14-24(18-22)30-20(4)28/h9-14,17-18H,5-8,15-16H2,1-4H3. The highest BCUT2D eigenvalue weighted by Gasteiger charge is 2.70. The van der Waals surface area contributed by atoms with Crippen molar-refractivity contribution >= 4 is 11.9 Å². The predicted octanol–water partition coefficient (Wildman–Crippen LogP) is 6.04. The molecule has 1 saturated heterocycles. The van der Waals surface area contributed by atoms with Gasteiger partial charge in [0.1, 0.15) is 22.7 Å². The highest BCUT2D eigenvalue weighted by Crippen LogP contribution is 2.67. The molecule has 5 nitrogen and oxygen atoms in total. The molecule has 0 aromatic heterocycles. The molecule has 1 heterocycles. The van der Waals surface area contributed by atoms with Gasteiger partial charge in [-0.25, -0.2) is 0 Å². The van der Waals surface area contributed by atoms with Crippen molar-refractivity contribution < 1.29 is 23.8 Å². The molecule has 0 N–H and O–H groups in total. The number of hydrogen-bond donors (Lipinski definition) is 0. The molecule has 5 heteroatoms. The molecule has 0 spiro atoms. The highest BCUT2D eigenvalue weighted by atomic mass is 16.6. The molecule has 1 fully saturated rings. The van der Waals surface area contributed by atoms with Crippen LogP contribution in [0.2, 0.25) is 0 Å². The first-order chi connectivity index (χ1) is 14.9. The molecule has 0 aliphatic carbocycles. The van der Waals surface area contributed by atoms with Crippen LogP contribution in [0.1, 0.15) is 77.3 Å². The summed E-state index contributed by atoms with van der Waals surface area (Å²) >= 11 is 0. The van der Waals surface area contributed by atoms with E-state index >= 15 is 0 Å². The summed E-state index contributed by atoms with van der Waals surface area (Å²) in [6.07, 6.45) is 5.83. The summed E-state index contributed by atoms with van der Waals surface area (Å²) in [6, 6.07) is 15.3. The van der Waals surface area contributed by atoms with Crippen molar-refractivity contribution in [2.45, 2.75) is 77.4 Å². The van der Waals surface area contributed by atoms with Crippen LogP contribution in [0.4, 0.5) is 0 Å². The van der Waals surface area contributed by atoms with Gasteiger partial charge >= 0.3 is 11.9 Å². The van der Waals surface area contributed by atoms with Crippen LogP contribution in [0.3, 0.4) is 0 Å². The van der Waals surface area contributed by atoms with E-state index in [0.717, 1.165) is 49.7 Å². The van der Waals surface area contributed by atoms with Gasteiger partial charge in [0, 0.05) is 13.8 Å². The molecule has 2 unspecified atom stereocenters. The SMILES string of the molecule is CCCCC1(c2cccc(OC(C)=O)c2)OC1(CCCC)c1cccc(OC(C)=O)c1. The van der Waals surface area contributed by atoms with Crippen LogP contribution < -0.4 is 9.47 Å². The summed E-state index contributed by atoms with van der Waals surface area (Å²) in [5.41, 5.74) is 0.995. The fraction of sp³-hybridized carbons (Fsp3) is 0.462. The lowest BCUT2D eigenvalue weighted by atomic mass is 9.76. The van der Waals surface area contributed by atoms with Crippen molar-refractivity contribution in [3.8, 4) is 11.5 Å². The second-order valence-electron chi connectivity index (χ2n) is 8.21. The Bertz CT molecular complexity index is 861. The minimum absolute atomic E-state index is 0.345. The average molecular weight is 425 g/mol. The molecule has 1 aliphatic heterocycles. The van der Waals surface area contributed by atoms with Crippen LogP contribution in [0.5, 0.6) is 11.5 Å². The number of esters is 2. The largest absolute Gasteiger partial charge is 0.427 e. The number of carbonyl (C=O) groups excluding carboxylic acids is 2. The molecule has 3 rings (SSSR count). The van der Waals surface area contributed by atoms with Gasteiger partial charge < -0.3 is 14.2 Å². The Hall–Kier alpha value is -2.66. The number of rotatable bonds is 10. The third kappa shape index (κ3) is 4.82. The van der Waals surface area contributed by atoms with Gasteiger partial charge in [0.15, 0.2) is 0 Å². The Labute approximate surface area is 184 Å². The predicted molar refractivity (Wildman–Crippen MR) is 119 cm³/mol. The van der Waals surface area contributed by atoms with E-state index in [-0.39, 0.29) is 11.9 Å². The quantitative estimate of drug-likeness (QED) is 0.264. The average Bonchev–Trinajstić information content (AvgIpc) is 3.40. The smallest absolute Gasteiger partial charge is 0.308 e. The van der Waals surface area contributed by atoms with Gasteiger partial charge in [-0.2, -0.15) is 0 Å². The molecule has 0 saturated carbocycles. The van der Waals surface area contributed by atoms with Crippen LogP contribution in [0.15, 0.2) is 48.5 Å². The molecule has 1 aliphatic rings. The van der Waals surface area contributed by atoms with Crippen LogP contribution in [-0.2, 0) is 25.5 Å². The molecule has 2 aromatic carbocycles. The fourth-order valence-electron chi connectivity index (χ4n) is 4.46. The molecule has 0 radical (unpaired) electrons. The first-order valence-electron chi connectivity index (χ1n) is 11.1. The molecule has 166 valence electrons. The molecule has 31 heavy (non-hydrogen) atoms. The van der Waals surface area contributed by atoms with E-state index in [2.05, 4.69) is 13.8 Å². The Balaban J connectivity index is 2.07. The van der Waals surface area contributed by atoms with Crippen LogP contribution in [0, 0.1) is 0 Å². The maximum atomic E-state index is 11.5. The van der Waals surface area contributed by atoms with Gasteiger partial charge in [0.25, 0.3) is 0 Å². The zero-order valence-electron chi connectivity index (χ0n) is 18.9. The van der Waals surface area contributed by atoms with Crippen molar-refractivity contribution in [3.63, 3.8) is 0 Å². The van der Waals surface area contributed by atoms with Crippen molar-refractivity contribution in [3.05, 3.63) is 59.7 Å². The van der Waals surface area contributed by atoms with Gasteiger partial charge in [-0.15, -0.1) is 0 Å². The normalized spacial score (nSPS) is 22.1. The minimum atomic E-state index is -0.511. The molecule has 0 bridgehead atoms. The van der Waals surface area contributed by atoms with Crippen LogP contribution in [-0.4, -0.2) is 11.9 Å². The van der Waals surface area contributed by atoms with E-state index in [1.54, 1.807) is 12.1 Å². The van der Waals surface area contributed by atoms with Gasteiger partial charge in [-0.3, -0.25) is 9.59 Å². The Morgan fingerprint density at radius 2 is 1.19 bits per heavy atom. The van der Waals surface area contributed by atoms with Crippen LogP contribution in [0.25, 0.3) is 0 Å². The summed E-state index contributed by atoms with van der Waals surface area (Å²) in [5.74, 6) is 0.356. The molecule has 0 amide bonds. The van der Waals surface area contributed by atoms with Crippen LogP contribution >= 0.6 is 0 Å². The maximum Gasteiger partial charge on any atom is 0.308 e. The zero-order chi connectivity index (χ0) is 22.5. The molecule has 2 atom stereocenters. The summed E-state index contributed by atoms with van der Waals surface area (Å²) in [4.78, 5) is 23.0. The number of ether oxygens (including phenoxy) is 3. The van der Waals surface area contributed by atoms with E-state index in [1.165, 1.54) is 13.8 Å². The second kappa shape index (κ2) is 9.65. The van der Waals surface area contributed by atoms with Gasteiger partial charge in [-0.05, 0) is 48.2 Å². The Kier molecular flexibility index (Phi) is 7.16. The number of unbranched alkanes of at least 4 members (excludes halogenated alkanes) is 2. The number of hydrogen-bond acceptors (Lipinski definition) is 5. The zero-order valence-corrected chi connectivity index (χ0v) is 18.9. The van der Waals surface area contributed by atoms with E-state index < -0.39 is 11.2 Å². The highest BCUT2D eigenvalue weighted by molar-refractivity contribution is 5.70. The van der Waals surface area contributed by atoms with Crippen molar-refractivity contribution in [2.75, 3.05) is 0 Å². The van der Waals surface area contributed by atoms with Crippen molar-refractivity contribution in [1.82, 2.24) is 0 Å². The van der Waals surface area contributed by atoms with E-state index in [4.69, 9.17) is 14.2 Å². The Morgan fingerprint density at radius 1 is 0.774 bits per heavy atom. The first-order valence-corrected chi connectivity index (χ1v) is 11.1. The Morgan fingerprint density at radius 3 is 1.55 bits per heavy atom. The topological polar surface area (TPSA) is 65.1 Å². The number of benzene rings is 2. The second-order valence-corrected chi connectivity index (χ2v) is 8.21. The first kappa shape index (κ1) is 23.0. The third-order valence-corrected chi connectivity index (χ3v) is 5.85. The summed E-state index contributed by atoms with van der Waals surface area (Å²) in [6.45, 7) is 7.14. The molecular formula is C26H32O5. The number of epoxide rings is 1. The van der Waals surface area contributed by atoms with Crippen molar-refractivity contribution in [1.29, 1.82) is 0 Å².